The van der Waals surface area contributed by atoms with Crippen LogP contribution >= 0.6 is 0 Å². The summed E-state index contributed by atoms with van der Waals surface area (Å²) in [5, 5.41) is 21.2. The molecule has 1 heterocycles. The minimum atomic E-state index is -0.422. The largest absolute Gasteiger partial charge is 0.395 e. The monoisotopic (exact) mass is 275 g/mol. The van der Waals surface area contributed by atoms with Crippen LogP contribution in [0.5, 0.6) is 0 Å². The second kappa shape index (κ2) is 6.29. The molecule has 0 saturated heterocycles. The van der Waals surface area contributed by atoms with Crippen molar-refractivity contribution in [3.05, 3.63) is 40.6 Å². The van der Waals surface area contributed by atoms with Crippen molar-refractivity contribution < 1.29 is 10.0 Å². The van der Waals surface area contributed by atoms with Crippen molar-refractivity contribution in [1.82, 2.24) is 4.98 Å². The van der Waals surface area contributed by atoms with Crippen LogP contribution in [0.15, 0.2) is 30.5 Å². The minimum absolute atomic E-state index is 0.0226. The molecule has 6 nitrogen and oxygen atoms in total. The van der Waals surface area contributed by atoms with Crippen LogP contribution in [0.4, 0.5) is 11.4 Å². The summed E-state index contributed by atoms with van der Waals surface area (Å²) in [6.45, 7) is 2.96. The Morgan fingerprint density at radius 1 is 1.35 bits per heavy atom. The molecule has 1 aromatic carbocycles. The summed E-state index contributed by atoms with van der Waals surface area (Å²) in [6, 6.07) is 7.33. The molecule has 2 rings (SSSR count). The third-order valence-electron chi connectivity index (χ3n) is 3.10. The molecule has 2 aromatic rings. The van der Waals surface area contributed by atoms with Gasteiger partial charge in [0, 0.05) is 18.5 Å². The van der Waals surface area contributed by atoms with E-state index >= 15 is 0 Å². The number of rotatable bonds is 6. The van der Waals surface area contributed by atoms with Crippen molar-refractivity contribution in [2.45, 2.75) is 13.3 Å². The molecule has 20 heavy (non-hydrogen) atoms. The van der Waals surface area contributed by atoms with E-state index in [0.717, 1.165) is 11.8 Å². The number of anilines is 1. The molecule has 0 atom stereocenters. The topological polar surface area (TPSA) is 79.5 Å². The maximum absolute atomic E-state index is 11.3. The smallest absolute Gasteiger partial charge is 0.311 e. The van der Waals surface area contributed by atoms with Crippen LogP contribution in [0.3, 0.4) is 0 Å². The molecule has 0 amide bonds. The van der Waals surface area contributed by atoms with Crippen LogP contribution in [-0.4, -0.2) is 34.7 Å². The molecule has 6 heteroatoms. The van der Waals surface area contributed by atoms with Crippen LogP contribution < -0.4 is 4.90 Å². The number of aliphatic hydroxyl groups is 1. The zero-order valence-corrected chi connectivity index (χ0v) is 11.3. The van der Waals surface area contributed by atoms with E-state index in [4.69, 9.17) is 0 Å². The minimum Gasteiger partial charge on any atom is -0.395 e. The molecular weight excluding hydrogens is 258 g/mol. The summed E-state index contributed by atoms with van der Waals surface area (Å²) in [5.41, 5.74) is 1.23. The molecule has 0 aliphatic rings. The number of aromatic nitrogens is 1. The van der Waals surface area contributed by atoms with Gasteiger partial charge >= 0.3 is 5.69 Å². The zero-order valence-electron chi connectivity index (χ0n) is 11.3. The van der Waals surface area contributed by atoms with Crippen LogP contribution in [0.25, 0.3) is 10.9 Å². The molecule has 0 fully saturated rings. The first-order chi connectivity index (χ1) is 9.69. The first-order valence-electron chi connectivity index (χ1n) is 6.57. The van der Waals surface area contributed by atoms with Gasteiger partial charge in [0.1, 0.15) is 11.9 Å². The lowest BCUT2D eigenvalue weighted by Gasteiger charge is -2.24. The predicted octanol–water partition coefficient (Wildman–Crippen LogP) is 2.35. The zero-order chi connectivity index (χ0) is 14.5. The van der Waals surface area contributed by atoms with E-state index in [1.54, 1.807) is 0 Å². The Balaban J connectivity index is 2.67. The molecule has 0 unspecified atom stereocenters. The van der Waals surface area contributed by atoms with E-state index in [1.165, 1.54) is 6.20 Å². The average Bonchev–Trinajstić information content (AvgIpc) is 2.45. The standard InChI is InChI=1S/C14H17N3O3/c1-2-7-16(8-9-18)14-11-5-3-4-6-12(11)15-10-13(14)17(19)20/h3-6,10,18H,2,7-9H2,1H3. The number of nitro groups is 1. The van der Waals surface area contributed by atoms with E-state index < -0.39 is 4.92 Å². The second-order valence-electron chi connectivity index (χ2n) is 4.48. The fourth-order valence-electron chi connectivity index (χ4n) is 2.31. The van der Waals surface area contributed by atoms with E-state index in [-0.39, 0.29) is 12.3 Å². The maximum Gasteiger partial charge on any atom is 0.311 e. The summed E-state index contributed by atoms with van der Waals surface area (Å²) in [6.07, 6.45) is 2.13. The van der Waals surface area contributed by atoms with Crippen molar-refractivity contribution in [3.63, 3.8) is 0 Å². The van der Waals surface area contributed by atoms with Gasteiger partial charge in [0.15, 0.2) is 0 Å². The SMILES string of the molecule is CCCN(CCO)c1c([N+](=O)[O-])cnc2ccccc12. The van der Waals surface area contributed by atoms with Gasteiger partial charge < -0.3 is 10.0 Å². The van der Waals surface area contributed by atoms with Gasteiger partial charge in [-0.15, -0.1) is 0 Å². The number of nitrogens with zero attached hydrogens (tertiary/aromatic N) is 3. The van der Waals surface area contributed by atoms with Gasteiger partial charge in [-0.3, -0.25) is 10.1 Å². The molecule has 1 N–H and O–H groups in total. The van der Waals surface area contributed by atoms with Crippen LogP contribution in [-0.2, 0) is 0 Å². The molecule has 0 aliphatic carbocycles. The second-order valence-corrected chi connectivity index (χ2v) is 4.48. The lowest BCUT2D eigenvalue weighted by molar-refractivity contribution is -0.384. The van der Waals surface area contributed by atoms with Crippen molar-refractivity contribution >= 4 is 22.3 Å². The Morgan fingerprint density at radius 3 is 2.75 bits per heavy atom. The number of fused-ring (bicyclic) bond motifs is 1. The van der Waals surface area contributed by atoms with Crippen molar-refractivity contribution in [1.29, 1.82) is 0 Å². The van der Waals surface area contributed by atoms with Crippen molar-refractivity contribution in [2.24, 2.45) is 0 Å². The van der Waals surface area contributed by atoms with Gasteiger partial charge in [-0.2, -0.15) is 0 Å². The van der Waals surface area contributed by atoms with Gasteiger partial charge in [-0.1, -0.05) is 25.1 Å². The van der Waals surface area contributed by atoms with Crippen LogP contribution in [0, 0.1) is 10.1 Å². The highest BCUT2D eigenvalue weighted by Gasteiger charge is 2.22. The lowest BCUT2D eigenvalue weighted by atomic mass is 10.1. The van der Waals surface area contributed by atoms with Crippen LogP contribution in [0.1, 0.15) is 13.3 Å². The summed E-state index contributed by atoms with van der Waals surface area (Å²) in [5.74, 6) is 0. The summed E-state index contributed by atoms with van der Waals surface area (Å²) in [4.78, 5) is 16.8. The van der Waals surface area contributed by atoms with Gasteiger partial charge in [-0.25, -0.2) is 4.98 Å². The first-order valence-corrected chi connectivity index (χ1v) is 6.57. The van der Waals surface area contributed by atoms with Crippen molar-refractivity contribution in [3.8, 4) is 0 Å². The Labute approximate surface area is 116 Å². The van der Waals surface area contributed by atoms with E-state index in [9.17, 15) is 15.2 Å². The van der Waals surface area contributed by atoms with E-state index in [2.05, 4.69) is 4.98 Å². The summed E-state index contributed by atoms with van der Waals surface area (Å²) < 4.78 is 0. The first kappa shape index (κ1) is 14.2. The Morgan fingerprint density at radius 2 is 2.10 bits per heavy atom. The Kier molecular flexibility index (Phi) is 4.47. The van der Waals surface area contributed by atoms with Crippen LogP contribution in [0.2, 0.25) is 0 Å². The van der Waals surface area contributed by atoms with Gasteiger partial charge in [0.25, 0.3) is 0 Å². The quantitative estimate of drug-likeness (QED) is 0.646. The number of para-hydroxylation sites is 1. The molecule has 0 radical (unpaired) electrons. The summed E-state index contributed by atoms with van der Waals surface area (Å²) >= 11 is 0. The number of benzene rings is 1. The molecule has 106 valence electrons. The lowest BCUT2D eigenvalue weighted by Crippen LogP contribution is -2.28. The third-order valence-corrected chi connectivity index (χ3v) is 3.10. The van der Waals surface area contributed by atoms with Gasteiger partial charge in [0.2, 0.25) is 0 Å². The Hall–Kier alpha value is -2.21. The molecule has 1 aromatic heterocycles. The number of hydrogen-bond acceptors (Lipinski definition) is 5. The number of aliphatic hydroxyl groups excluding tert-OH is 1. The Bertz CT molecular complexity index is 610. The molecule has 0 aliphatic heterocycles. The maximum atomic E-state index is 11.3. The highest BCUT2D eigenvalue weighted by molar-refractivity contribution is 5.96. The highest BCUT2D eigenvalue weighted by Crippen LogP contribution is 2.34. The summed E-state index contributed by atoms with van der Waals surface area (Å²) in [7, 11) is 0. The van der Waals surface area contributed by atoms with Crippen molar-refractivity contribution in [2.75, 3.05) is 24.6 Å². The molecule has 0 spiro atoms. The predicted molar refractivity (Wildman–Crippen MR) is 78.0 cm³/mol. The molecule has 0 bridgehead atoms. The molecule has 0 saturated carbocycles. The van der Waals surface area contributed by atoms with Gasteiger partial charge in [-0.05, 0) is 12.5 Å². The number of pyridine rings is 1. The fraction of sp³-hybridized carbons (Fsp3) is 0.357. The highest BCUT2D eigenvalue weighted by atomic mass is 16.6. The number of hydrogen-bond donors (Lipinski definition) is 1. The fourth-order valence-corrected chi connectivity index (χ4v) is 2.31. The normalized spacial score (nSPS) is 10.7. The average molecular weight is 275 g/mol. The van der Waals surface area contributed by atoms with E-state index in [0.29, 0.717) is 24.3 Å². The molecular formula is C14H17N3O3. The third kappa shape index (κ3) is 2.70. The van der Waals surface area contributed by atoms with Gasteiger partial charge in [0.05, 0.1) is 17.0 Å². The van der Waals surface area contributed by atoms with E-state index in [1.807, 2.05) is 36.1 Å².